The summed E-state index contributed by atoms with van der Waals surface area (Å²) in [6.45, 7) is 0. The minimum atomic E-state index is -4.48. The molecule has 0 saturated heterocycles. The molecule has 0 aliphatic rings. The van der Waals surface area contributed by atoms with Gasteiger partial charge in [-0.2, -0.15) is 18.3 Å². The van der Waals surface area contributed by atoms with E-state index in [1.165, 1.54) is 35.4 Å². The van der Waals surface area contributed by atoms with Gasteiger partial charge < -0.3 is 0 Å². The number of rotatable bonds is 3. The highest BCUT2D eigenvalue weighted by atomic mass is 19.4. The lowest BCUT2D eigenvalue weighted by molar-refractivity contribution is -0.137. The first-order chi connectivity index (χ1) is 13.4. The van der Waals surface area contributed by atoms with Crippen molar-refractivity contribution in [2.45, 2.75) is 6.18 Å². The summed E-state index contributed by atoms with van der Waals surface area (Å²) in [5.74, 6) is 0.192. The summed E-state index contributed by atoms with van der Waals surface area (Å²) in [4.78, 5) is 12.4. The monoisotopic (exact) mass is 383 g/mol. The van der Waals surface area contributed by atoms with Crippen LogP contribution < -0.4 is 5.43 Å². The summed E-state index contributed by atoms with van der Waals surface area (Å²) in [6.07, 6.45) is -1.73. The molecule has 4 rings (SSSR count). The molecule has 0 spiro atoms. The Labute approximate surface area is 156 Å². The van der Waals surface area contributed by atoms with Crippen LogP contribution in [0.4, 0.5) is 13.2 Å². The average Bonchev–Trinajstić information content (AvgIpc) is 3.18. The Bertz CT molecular complexity index is 1180. The van der Waals surface area contributed by atoms with Gasteiger partial charge in [-0.3, -0.25) is 9.36 Å². The molecule has 0 atom stereocenters. The zero-order valence-corrected chi connectivity index (χ0v) is 14.2. The molecule has 0 radical (unpaired) electrons. The third-order valence-corrected chi connectivity index (χ3v) is 4.04. The van der Waals surface area contributed by atoms with Crippen LogP contribution in [0.15, 0.2) is 78.0 Å². The molecule has 2 aromatic carbocycles. The number of hydrogen-bond acceptors (Lipinski definition) is 4. The lowest BCUT2D eigenvalue weighted by atomic mass is 10.2. The predicted molar refractivity (Wildman–Crippen MR) is 95.2 cm³/mol. The summed E-state index contributed by atoms with van der Waals surface area (Å²) in [7, 11) is 0. The molecule has 2 aromatic heterocycles. The molecule has 0 aliphatic heterocycles. The maximum atomic E-state index is 13.0. The average molecular weight is 383 g/mol. The smallest absolute Gasteiger partial charge is 0.287 e. The Hall–Kier alpha value is -3.75. The van der Waals surface area contributed by atoms with Crippen LogP contribution in [-0.2, 0) is 6.18 Å². The first-order valence-corrected chi connectivity index (χ1v) is 8.17. The van der Waals surface area contributed by atoms with Gasteiger partial charge in [0.1, 0.15) is 6.33 Å². The molecule has 2 heterocycles. The normalized spacial score (nSPS) is 11.5. The van der Waals surface area contributed by atoms with Crippen molar-refractivity contribution in [3.05, 3.63) is 89.0 Å². The Morgan fingerprint density at radius 3 is 2.39 bits per heavy atom. The quantitative estimate of drug-likeness (QED) is 0.543. The van der Waals surface area contributed by atoms with Crippen LogP contribution in [0.1, 0.15) is 5.56 Å². The van der Waals surface area contributed by atoms with Crippen LogP contribution >= 0.6 is 0 Å². The number of alkyl halides is 3. The number of para-hydroxylation sites is 1. The second-order valence-electron chi connectivity index (χ2n) is 5.88. The van der Waals surface area contributed by atoms with Crippen molar-refractivity contribution in [3.8, 4) is 22.9 Å². The van der Waals surface area contributed by atoms with E-state index >= 15 is 0 Å². The maximum absolute atomic E-state index is 13.0. The molecule has 0 aliphatic carbocycles. The van der Waals surface area contributed by atoms with Crippen molar-refractivity contribution < 1.29 is 13.2 Å². The van der Waals surface area contributed by atoms with E-state index in [1.54, 1.807) is 16.7 Å². The standard InChI is InChI=1S/C19H12F3N5O/c20-19(21,22)13-5-4-8-15(11-13)27-10-9-16(28)17(25-27)18-24-23-12-26(18)14-6-2-1-3-7-14/h1-12H. The Morgan fingerprint density at radius 2 is 1.64 bits per heavy atom. The van der Waals surface area contributed by atoms with Gasteiger partial charge >= 0.3 is 6.18 Å². The van der Waals surface area contributed by atoms with Gasteiger partial charge in [-0.1, -0.05) is 24.3 Å². The van der Waals surface area contributed by atoms with Gasteiger partial charge in [-0.15, -0.1) is 10.2 Å². The van der Waals surface area contributed by atoms with E-state index in [-0.39, 0.29) is 17.2 Å². The van der Waals surface area contributed by atoms with Gasteiger partial charge in [0.25, 0.3) is 0 Å². The molecular weight excluding hydrogens is 371 g/mol. The second-order valence-corrected chi connectivity index (χ2v) is 5.88. The lowest BCUT2D eigenvalue weighted by Gasteiger charge is -2.11. The molecule has 0 saturated carbocycles. The van der Waals surface area contributed by atoms with Crippen LogP contribution in [0.3, 0.4) is 0 Å². The zero-order chi connectivity index (χ0) is 19.7. The fourth-order valence-corrected chi connectivity index (χ4v) is 2.71. The van der Waals surface area contributed by atoms with Crippen LogP contribution in [0.5, 0.6) is 0 Å². The van der Waals surface area contributed by atoms with Crippen LogP contribution in [0, 0.1) is 0 Å². The van der Waals surface area contributed by atoms with Crippen molar-refractivity contribution in [3.63, 3.8) is 0 Å². The van der Waals surface area contributed by atoms with Crippen molar-refractivity contribution >= 4 is 0 Å². The molecular formula is C19H12F3N5O. The third-order valence-electron chi connectivity index (χ3n) is 4.04. The molecule has 140 valence electrons. The Balaban J connectivity index is 1.83. The number of halogens is 3. The van der Waals surface area contributed by atoms with Crippen molar-refractivity contribution in [1.82, 2.24) is 24.5 Å². The maximum Gasteiger partial charge on any atom is 0.416 e. The van der Waals surface area contributed by atoms with Gasteiger partial charge in [-0.05, 0) is 30.3 Å². The molecule has 0 unspecified atom stereocenters. The second kappa shape index (κ2) is 6.76. The fourth-order valence-electron chi connectivity index (χ4n) is 2.71. The van der Waals surface area contributed by atoms with E-state index in [4.69, 9.17) is 0 Å². The van der Waals surface area contributed by atoms with Crippen LogP contribution in [0.2, 0.25) is 0 Å². The zero-order valence-electron chi connectivity index (χ0n) is 14.2. The third kappa shape index (κ3) is 3.29. The summed E-state index contributed by atoms with van der Waals surface area (Å²) in [5, 5.41) is 12.0. The molecule has 4 aromatic rings. The molecule has 0 bridgehead atoms. The largest absolute Gasteiger partial charge is 0.416 e. The number of nitrogens with zero attached hydrogens (tertiary/aromatic N) is 5. The van der Waals surface area contributed by atoms with Gasteiger partial charge in [-0.25, -0.2) is 4.68 Å². The van der Waals surface area contributed by atoms with E-state index < -0.39 is 17.2 Å². The van der Waals surface area contributed by atoms with Gasteiger partial charge in [0.2, 0.25) is 5.43 Å². The molecule has 0 fully saturated rings. The minimum absolute atomic E-state index is 0.0266. The number of aromatic nitrogens is 5. The van der Waals surface area contributed by atoms with Gasteiger partial charge in [0.15, 0.2) is 11.5 Å². The highest BCUT2D eigenvalue weighted by molar-refractivity contribution is 5.53. The van der Waals surface area contributed by atoms with Gasteiger partial charge in [0.05, 0.1) is 11.3 Å². The van der Waals surface area contributed by atoms with E-state index in [0.29, 0.717) is 0 Å². The molecule has 6 nitrogen and oxygen atoms in total. The summed E-state index contributed by atoms with van der Waals surface area (Å²) < 4.78 is 41.8. The topological polar surface area (TPSA) is 65.6 Å². The molecule has 28 heavy (non-hydrogen) atoms. The van der Waals surface area contributed by atoms with Crippen molar-refractivity contribution in [2.24, 2.45) is 0 Å². The summed E-state index contributed by atoms with van der Waals surface area (Å²) >= 11 is 0. The van der Waals surface area contributed by atoms with Crippen molar-refractivity contribution in [2.75, 3.05) is 0 Å². The SMILES string of the molecule is O=c1ccn(-c2cccc(C(F)(F)F)c2)nc1-c1nncn1-c1ccccc1. The first kappa shape index (κ1) is 17.7. The van der Waals surface area contributed by atoms with Gasteiger partial charge in [0, 0.05) is 18.0 Å². The first-order valence-electron chi connectivity index (χ1n) is 8.17. The highest BCUT2D eigenvalue weighted by Gasteiger charge is 2.30. The Morgan fingerprint density at radius 1 is 0.893 bits per heavy atom. The molecule has 9 heteroatoms. The summed E-state index contributed by atoms with van der Waals surface area (Å²) in [5.41, 5.74) is -0.366. The summed E-state index contributed by atoms with van der Waals surface area (Å²) in [6, 6.07) is 15.0. The predicted octanol–water partition coefficient (Wildman–Crippen LogP) is 3.50. The van der Waals surface area contributed by atoms with E-state index in [2.05, 4.69) is 15.3 Å². The number of hydrogen-bond donors (Lipinski definition) is 0. The molecule has 0 amide bonds. The fraction of sp³-hybridized carbons (Fsp3) is 0.0526. The number of benzene rings is 2. The van der Waals surface area contributed by atoms with Crippen LogP contribution in [0.25, 0.3) is 22.9 Å². The van der Waals surface area contributed by atoms with Crippen LogP contribution in [-0.4, -0.2) is 24.5 Å². The molecule has 0 N–H and O–H groups in total. The minimum Gasteiger partial charge on any atom is -0.287 e. The van der Waals surface area contributed by atoms with Crippen molar-refractivity contribution in [1.29, 1.82) is 0 Å². The van der Waals surface area contributed by atoms with E-state index in [1.807, 2.05) is 18.2 Å². The Kier molecular flexibility index (Phi) is 4.26. The highest BCUT2D eigenvalue weighted by Crippen LogP contribution is 2.30. The van der Waals surface area contributed by atoms with E-state index in [0.717, 1.165) is 17.8 Å². The lowest BCUT2D eigenvalue weighted by Crippen LogP contribution is -2.15. The van der Waals surface area contributed by atoms with E-state index in [9.17, 15) is 18.0 Å².